The van der Waals surface area contributed by atoms with Gasteiger partial charge in [0.2, 0.25) is 5.91 Å². The summed E-state index contributed by atoms with van der Waals surface area (Å²) in [5.74, 6) is 0.00633. The third-order valence-corrected chi connectivity index (χ3v) is 4.15. The van der Waals surface area contributed by atoms with Crippen LogP contribution >= 0.6 is 0 Å². The Balaban J connectivity index is 1.62. The van der Waals surface area contributed by atoms with Gasteiger partial charge < -0.3 is 14.5 Å². The van der Waals surface area contributed by atoms with Crippen molar-refractivity contribution >= 4 is 5.91 Å². The Morgan fingerprint density at radius 2 is 2.22 bits per heavy atom. The predicted molar refractivity (Wildman–Crippen MR) is 82.9 cm³/mol. The fraction of sp³-hybridized carbons (Fsp3) is 0.467. The van der Waals surface area contributed by atoms with Crippen LogP contribution in [0.3, 0.4) is 0 Å². The third kappa shape index (κ3) is 3.41. The number of amides is 1. The zero-order valence-electron chi connectivity index (χ0n) is 12.7. The van der Waals surface area contributed by atoms with Gasteiger partial charge in [0.15, 0.2) is 0 Å². The van der Waals surface area contributed by atoms with Crippen LogP contribution in [0.4, 0.5) is 0 Å². The molecule has 1 aliphatic heterocycles. The standard InChI is InChI=1S/C15H19N5O3/c21-13(4-9-18-10-6-16-14(22)15(18)23)20-8-1-3-12(20)11-19-7-2-5-17-19/h2,5-7,10,12H,1,3-4,8-9,11H2,(H,16,22). The van der Waals surface area contributed by atoms with E-state index in [4.69, 9.17) is 0 Å². The second-order valence-corrected chi connectivity index (χ2v) is 5.65. The lowest BCUT2D eigenvalue weighted by Crippen LogP contribution is -2.40. The van der Waals surface area contributed by atoms with Crippen molar-refractivity contribution in [3.05, 3.63) is 51.6 Å². The van der Waals surface area contributed by atoms with E-state index in [9.17, 15) is 14.4 Å². The lowest BCUT2D eigenvalue weighted by Gasteiger charge is -2.25. The predicted octanol–water partition coefficient (Wildman–Crippen LogP) is -0.186. The normalized spacial score (nSPS) is 17.6. The Bertz CT molecular complexity index is 777. The SMILES string of the molecule is O=C(CCn1cc[nH]c(=O)c1=O)N1CCCC1Cn1cccn1. The van der Waals surface area contributed by atoms with E-state index in [1.165, 1.54) is 17.0 Å². The van der Waals surface area contributed by atoms with Crippen molar-refractivity contribution in [1.82, 2.24) is 24.2 Å². The zero-order valence-corrected chi connectivity index (χ0v) is 12.7. The number of carbonyl (C=O) groups excluding carboxylic acids is 1. The number of aryl methyl sites for hydroxylation is 1. The van der Waals surface area contributed by atoms with Gasteiger partial charge in [0.25, 0.3) is 0 Å². The fourth-order valence-corrected chi connectivity index (χ4v) is 2.98. The first-order valence-corrected chi connectivity index (χ1v) is 7.70. The number of nitrogens with zero attached hydrogens (tertiary/aromatic N) is 4. The van der Waals surface area contributed by atoms with Crippen molar-refractivity contribution in [3.8, 4) is 0 Å². The van der Waals surface area contributed by atoms with Gasteiger partial charge in [-0.2, -0.15) is 5.10 Å². The monoisotopic (exact) mass is 317 g/mol. The number of aromatic nitrogens is 4. The quantitative estimate of drug-likeness (QED) is 0.774. The Hall–Kier alpha value is -2.64. The Morgan fingerprint density at radius 3 is 3.00 bits per heavy atom. The maximum atomic E-state index is 12.4. The van der Waals surface area contributed by atoms with Crippen LogP contribution in [0.25, 0.3) is 0 Å². The molecule has 1 saturated heterocycles. The molecule has 1 fully saturated rings. The number of H-pyrrole nitrogens is 1. The fourth-order valence-electron chi connectivity index (χ4n) is 2.98. The van der Waals surface area contributed by atoms with Crippen LogP contribution in [-0.2, 0) is 17.9 Å². The Labute approximate surface area is 132 Å². The van der Waals surface area contributed by atoms with Gasteiger partial charge in [-0.25, -0.2) is 0 Å². The van der Waals surface area contributed by atoms with Crippen molar-refractivity contribution in [1.29, 1.82) is 0 Å². The second-order valence-electron chi connectivity index (χ2n) is 5.65. The largest absolute Gasteiger partial charge is 0.338 e. The molecule has 0 spiro atoms. The van der Waals surface area contributed by atoms with E-state index in [2.05, 4.69) is 10.1 Å². The highest BCUT2D eigenvalue weighted by Crippen LogP contribution is 2.19. The minimum absolute atomic E-state index is 0.00633. The molecule has 2 aromatic heterocycles. The molecule has 0 aliphatic carbocycles. The minimum atomic E-state index is -0.669. The van der Waals surface area contributed by atoms with E-state index < -0.39 is 11.1 Å². The second kappa shape index (κ2) is 6.64. The summed E-state index contributed by atoms with van der Waals surface area (Å²) in [7, 11) is 0. The number of likely N-dealkylation sites (tertiary alicyclic amines) is 1. The summed E-state index contributed by atoms with van der Waals surface area (Å²) < 4.78 is 3.10. The van der Waals surface area contributed by atoms with Gasteiger partial charge in [0, 0.05) is 44.3 Å². The number of carbonyl (C=O) groups is 1. The van der Waals surface area contributed by atoms with E-state index in [0.717, 1.165) is 19.4 Å². The number of aromatic amines is 1. The van der Waals surface area contributed by atoms with Crippen LogP contribution in [0.2, 0.25) is 0 Å². The highest BCUT2D eigenvalue weighted by Gasteiger charge is 2.28. The molecule has 1 N–H and O–H groups in total. The van der Waals surface area contributed by atoms with Crippen LogP contribution in [0, 0.1) is 0 Å². The summed E-state index contributed by atoms with van der Waals surface area (Å²) in [6.07, 6.45) is 8.64. The van der Waals surface area contributed by atoms with E-state index >= 15 is 0 Å². The topological polar surface area (TPSA) is 93.0 Å². The molecular weight excluding hydrogens is 298 g/mol. The first-order valence-electron chi connectivity index (χ1n) is 7.70. The number of hydrogen-bond acceptors (Lipinski definition) is 4. The Morgan fingerprint density at radius 1 is 1.35 bits per heavy atom. The summed E-state index contributed by atoms with van der Waals surface area (Å²) in [6, 6.07) is 2.00. The summed E-state index contributed by atoms with van der Waals surface area (Å²) in [5, 5.41) is 4.18. The third-order valence-electron chi connectivity index (χ3n) is 4.15. The lowest BCUT2D eigenvalue weighted by atomic mass is 10.2. The van der Waals surface area contributed by atoms with Gasteiger partial charge in [0.05, 0.1) is 12.6 Å². The molecule has 23 heavy (non-hydrogen) atoms. The highest BCUT2D eigenvalue weighted by molar-refractivity contribution is 5.76. The first-order chi connectivity index (χ1) is 11.1. The molecular formula is C15H19N5O3. The molecule has 122 valence electrons. The van der Waals surface area contributed by atoms with Crippen molar-refractivity contribution in [2.45, 2.75) is 38.4 Å². The summed E-state index contributed by atoms with van der Waals surface area (Å²) >= 11 is 0. The van der Waals surface area contributed by atoms with Gasteiger partial charge in [-0.05, 0) is 18.9 Å². The van der Waals surface area contributed by atoms with Gasteiger partial charge in [-0.15, -0.1) is 0 Å². The molecule has 2 aromatic rings. The van der Waals surface area contributed by atoms with Crippen LogP contribution in [-0.4, -0.2) is 42.7 Å². The van der Waals surface area contributed by atoms with Crippen molar-refractivity contribution in [3.63, 3.8) is 0 Å². The van der Waals surface area contributed by atoms with Crippen molar-refractivity contribution in [2.24, 2.45) is 0 Å². The molecule has 3 heterocycles. The molecule has 1 amide bonds. The van der Waals surface area contributed by atoms with Gasteiger partial charge in [-0.1, -0.05) is 0 Å². The zero-order chi connectivity index (χ0) is 16.2. The Kier molecular flexibility index (Phi) is 4.40. The highest BCUT2D eigenvalue weighted by atomic mass is 16.2. The summed E-state index contributed by atoms with van der Waals surface area (Å²) in [6.45, 7) is 1.63. The van der Waals surface area contributed by atoms with E-state index in [-0.39, 0.29) is 24.9 Å². The minimum Gasteiger partial charge on any atom is -0.338 e. The number of nitrogens with one attached hydrogen (secondary N) is 1. The molecule has 3 rings (SSSR count). The van der Waals surface area contributed by atoms with Crippen LogP contribution in [0.5, 0.6) is 0 Å². The average molecular weight is 317 g/mol. The molecule has 8 heteroatoms. The van der Waals surface area contributed by atoms with Crippen LogP contribution < -0.4 is 11.1 Å². The average Bonchev–Trinajstić information content (AvgIpc) is 3.21. The van der Waals surface area contributed by atoms with Gasteiger partial charge >= 0.3 is 11.1 Å². The molecule has 8 nitrogen and oxygen atoms in total. The van der Waals surface area contributed by atoms with Crippen LogP contribution in [0.1, 0.15) is 19.3 Å². The molecule has 1 unspecified atom stereocenters. The molecule has 0 saturated carbocycles. The molecule has 0 radical (unpaired) electrons. The van der Waals surface area contributed by atoms with Crippen molar-refractivity contribution < 1.29 is 4.79 Å². The number of rotatable bonds is 5. The first kappa shape index (κ1) is 15.3. The van der Waals surface area contributed by atoms with E-state index in [0.29, 0.717) is 6.54 Å². The smallest absolute Gasteiger partial charge is 0.316 e. The molecule has 1 atom stereocenters. The van der Waals surface area contributed by atoms with Crippen LogP contribution in [0.15, 0.2) is 40.4 Å². The molecule has 1 aliphatic rings. The maximum Gasteiger partial charge on any atom is 0.316 e. The summed E-state index contributed by atoms with van der Waals surface area (Å²) in [5.41, 5.74) is -1.30. The summed E-state index contributed by atoms with van der Waals surface area (Å²) in [4.78, 5) is 39.6. The molecule has 0 bridgehead atoms. The molecule has 0 aromatic carbocycles. The lowest BCUT2D eigenvalue weighted by molar-refractivity contribution is -0.132. The van der Waals surface area contributed by atoms with Gasteiger partial charge in [-0.3, -0.25) is 19.1 Å². The van der Waals surface area contributed by atoms with E-state index in [1.54, 1.807) is 6.20 Å². The number of hydrogen-bond donors (Lipinski definition) is 1. The maximum absolute atomic E-state index is 12.4. The van der Waals surface area contributed by atoms with Gasteiger partial charge in [0.1, 0.15) is 0 Å². The van der Waals surface area contributed by atoms with E-state index in [1.807, 2.05) is 21.8 Å². The van der Waals surface area contributed by atoms with Crippen molar-refractivity contribution in [2.75, 3.05) is 6.54 Å².